The summed E-state index contributed by atoms with van der Waals surface area (Å²) in [4.78, 5) is 32.2. The first kappa shape index (κ1) is 24.8. The molecule has 2 aromatic heterocycles. The summed E-state index contributed by atoms with van der Waals surface area (Å²) in [5, 5.41) is 0.226. The number of ketones is 1. The molecule has 3 heterocycles. The maximum atomic E-state index is 14.6. The number of anilines is 1. The zero-order chi connectivity index (χ0) is 26.2. The third-order valence-corrected chi connectivity index (χ3v) is 8.12. The van der Waals surface area contributed by atoms with Crippen molar-refractivity contribution in [1.82, 2.24) is 9.55 Å². The van der Waals surface area contributed by atoms with E-state index in [0.717, 1.165) is 0 Å². The molecule has 0 amide bonds. The number of benzene rings is 2. The average Bonchev–Trinajstić information content (AvgIpc) is 2.89. The molecule has 0 spiro atoms. The van der Waals surface area contributed by atoms with Gasteiger partial charge in [-0.2, -0.15) is 0 Å². The third kappa shape index (κ3) is 5.15. The molecule has 1 fully saturated rings. The van der Waals surface area contributed by atoms with E-state index < -0.39 is 21.5 Å². The Kier molecular flexibility index (Phi) is 6.59. The highest BCUT2D eigenvalue weighted by atomic mass is 32.2. The normalized spacial score (nSPS) is 15.1. The Morgan fingerprint density at radius 2 is 1.76 bits per heavy atom. The molecular formula is C27H23F2N3O4S. The van der Waals surface area contributed by atoms with E-state index in [9.17, 15) is 26.8 Å². The van der Waals surface area contributed by atoms with Crippen LogP contribution in [0.1, 0.15) is 22.3 Å². The predicted molar refractivity (Wildman–Crippen MR) is 137 cm³/mol. The minimum Gasteiger partial charge on any atom is -0.355 e. The fraction of sp³-hybridized carbons (Fsp3) is 0.222. The first-order valence-corrected chi connectivity index (χ1v) is 13.6. The number of carbonyl (C=O) groups is 1. The number of carbonyl (C=O) groups excluding carboxylic acids is 1. The van der Waals surface area contributed by atoms with Gasteiger partial charge in [0.1, 0.15) is 17.5 Å². The fourth-order valence-electron chi connectivity index (χ4n) is 4.45. The maximum absolute atomic E-state index is 14.6. The Hall–Kier alpha value is -3.92. The van der Waals surface area contributed by atoms with Gasteiger partial charge in [0.15, 0.2) is 21.0 Å². The molecule has 7 nitrogen and oxygen atoms in total. The highest BCUT2D eigenvalue weighted by Crippen LogP contribution is 2.22. The summed E-state index contributed by atoms with van der Waals surface area (Å²) in [5.74, 6) is -0.577. The number of sulfone groups is 1. The van der Waals surface area contributed by atoms with Crippen molar-refractivity contribution >= 4 is 32.3 Å². The number of pyridine rings is 2. The van der Waals surface area contributed by atoms with E-state index in [2.05, 4.69) is 4.98 Å². The lowest BCUT2D eigenvalue weighted by Gasteiger charge is -2.27. The molecule has 1 aliphatic rings. The minimum absolute atomic E-state index is 0.0161. The zero-order valence-corrected chi connectivity index (χ0v) is 20.5. The van der Waals surface area contributed by atoms with Crippen LogP contribution in [0.3, 0.4) is 0 Å². The van der Waals surface area contributed by atoms with E-state index in [1.165, 1.54) is 53.4 Å². The molecule has 0 bridgehead atoms. The van der Waals surface area contributed by atoms with Gasteiger partial charge < -0.3 is 9.47 Å². The first-order chi connectivity index (χ1) is 17.7. The van der Waals surface area contributed by atoms with E-state index in [1.807, 2.05) is 4.90 Å². The molecular weight excluding hydrogens is 500 g/mol. The van der Waals surface area contributed by atoms with Crippen LogP contribution in [0.4, 0.5) is 14.6 Å². The van der Waals surface area contributed by atoms with E-state index in [1.54, 1.807) is 18.2 Å². The lowest BCUT2D eigenvalue weighted by atomic mass is 10.0. The Labute approximate surface area is 211 Å². The lowest BCUT2D eigenvalue weighted by Crippen LogP contribution is -2.40. The van der Waals surface area contributed by atoms with Crippen molar-refractivity contribution in [3.05, 3.63) is 100.0 Å². The quantitative estimate of drug-likeness (QED) is 0.358. The Morgan fingerprint density at radius 1 is 1.00 bits per heavy atom. The van der Waals surface area contributed by atoms with Gasteiger partial charge in [0.2, 0.25) is 0 Å². The van der Waals surface area contributed by atoms with Crippen molar-refractivity contribution in [3.63, 3.8) is 0 Å². The number of aromatic nitrogens is 2. The van der Waals surface area contributed by atoms with Crippen LogP contribution in [-0.2, 0) is 16.3 Å². The van der Waals surface area contributed by atoms with Gasteiger partial charge >= 0.3 is 0 Å². The molecule has 0 aliphatic carbocycles. The van der Waals surface area contributed by atoms with Crippen molar-refractivity contribution in [2.24, 2.45) is 0 Å². The number of aryl methyl sites for hydroxylation is 1. The summed E-state index contributed by atoms with van der Waals surface area (Å²) < 4.78 is 53.3. The Morgan fingerprint density at radius 3 is 2.46 bits per heavy atom. The van der Waals surface area contributed by atoms with Gasteiger partial charge in [0.25, 0.3) is 0 Å². The number of para-hydroxylation sites is 1. The molecule has 190 valence electrons. The van der Waals surface area contributed by atoms with Gasteiger partial charge in [-0.3, -0.25) is 9.59 Å². The standard InChI is InChI=1S/C27H23F2N3O4S/c28-20-7-8-21-24(15-20)32(23-4-2-1-3-22(23)29)17-19(27(21)34)5-9-25(33)18-6-10-26(30-16-18)31-11-13-37(35,36)14-12-31/h1-4,6-8,10,15-17H,5,9,11-14H2. The molecule has 4 aromatic rings. The van der Waals surface area contributed by atoms with Gasteiger partial charge in [-0.05, 0) is 48.9 Å². The molecule has 2 aromatic carbocycles. The molecule has 10 heteroatoms. The fourth-order valence-corrected chi connectivity index (χ4v) is 5.65. The van der Waals surface area contributed by atoms with Gasteiger partial charge in [0.05, 0.1) is 22.7 Å². The topological polar surface area (TPSA) is 89.3 Å². The third-order valence-electron chi connectivity index (χ3n) is 6.51. The number of Topliss-reactive ketones (excluding diaryl/α,β-unsaturated/α-hetero) is 1. The molecule has 5 rings (SSSR count). The van der Waals surface area contributed by atoms with Crippen molar-refractivity contribution < 1.29 is 22.0 Å². The summed E-state index contributed by atoms with van der Waals surface area (Å²) in [6.45, 7) is 0.700. The largest absolute Gasteiger partial charge is 0.355 e. The molecule has 0 atom stereocenters. The van der Waals surface area contributed by atoms with Crippen LogP contribution in [0, 0.1) is 11.6 Å². The second kappa shape index (κ2) is 9.85. The molecule has 0 N–H and O–H groups in total. The summed E-state index contributed by atoms with van der Waals surface area (Å²) >= 11 is 0. The van der Waals surface area contributed by atoms with Crippen molar-refractivity contribution in [3.8, 4) is 5.69 Å². The number of halogens is 2. The molecule has 0 saturated carbocycles. The van der Waals surface area contributed by atoms with Crippen LogP contribution in [0.5, 0.6) is 0 Å². The molecule has 1 saturated heterocycles. The maximum Gasteiger partial charge on any atom is 0.192 e. The average molecular weight is 524 g/mol. The van der Waals surface area contributed by atoms with E-state index in [-0.39, 0.29) is 52.1 Å². The van der Waals surface area contributed by atoms with E-state index >= 15 is 0 Å². The first-order valence-electron chi connectivity index (χ1n) is 11.8. The van der Waals surface area contributed by atoms with Gasteiger partial charge in [-0.25, -0.2) is 22.2 Å². The Balaban J connectivity index is 1.38. The number of hydrogen-bond acceptors (Lipinski definition) is 6. The predicted octanol–water partition coefficient (Wildman–Crippen LogP) is 3.71. The van der Waals surface area contributed by atoms with E-state index in [4.69, 9.17) is 0 Å². The number of hydrogen-bond donors (Lipinski definition) is 0. The summed E-state index contributed by atoms with van der Waals surface area (Å²) in [5.41, 5.74) is 0.718. The second-order valence-corrected chi connectivity index (χ2v) is 11.2. The van der Waals surface area contributed by atoms with Crippen LogP contribution in [0.25, 0.3) is 16.6 Å². The molecule has 0 radical (unpaired) electrons. The summed E-state index contributed by atoms with van der Waals surface area (Å²) in [6.07, 6.45) is 3.02. The van der Waals surface area contributed by atoms with Crippen LogP contribution < -0.4 is 10.3 Å². The zero-order valence-electron chi connectivity index (χ0n) is 19.7. The van der Waals surface area contributed by atoms with Gasteiger partial charge in [0, 0.05) is 48.4 Å². The van der Waals surface area contributed by atoms with Gasteiger partial charge in [-0.15, -0.1) is 0 Å². The number of fused-ring (bicyclic) bond motifs is 1. The van der Waals surface area contributed by atoms with Gasteiger partial charge in [-0.1, -0.05) is 12.1 Å². The highest BCUT2D eigenvalue weighted by Gasteiger charge is 2.22. The van der Waals surface area contributed by atoms with Crippen LogP contribution in [0.2, 0.25) is 0 Å². The second-order valence-electron chi connectivity index (χ2n) is 8.93. The SMILES string of the molecule is O=C(CCc1cn(-c2ccccc2F)c2cc(F)ccc2c1=O)c1ccc(N2CCS(=O)(=O)CC2)nc1. The highest BCUT2D eigenvalue weighted by molar-refractivity contribution is 7.91. The smallest absolute Gasteiger partial charge is 0.192 e. The minimum atomic E-state index is -3.01. The van der Waals surface area contributed by atoms with Crippen LogP contribution in [0.15, 0.2) is 71.8 Å². The summed E-state index contributed by atoms with van der Waals surface area (Å²) in [7, 11) is -3.01. The van der Waals surface area contributed by atoms with E-state index in [0.29, 0.717) is 30.0 Å². The van der Waals surface area contributed by atoms with Crippen molar-refractivity contribution in [2.45, 2.75) is 12.8 Å². The van der Waals surface area contributed by atoms with Crippen molar-refractivity contribution in [2.75, 3.05) is 29.5 Å². The van der Waals surface area contributed by atoms with Crippen LogP contribution >= 0.6 is 0 Å². The summed E-state index contributed by atoms with van der Waals surface area (Å²) in [6, 6.07) is 13.0. The molecule has 0 unspecified atom stereocenters. The Bertz CT molecular complexity index is 1650. The molecule has 1 aliphatic heterocycles. The lowest BCUT2D eigenvalue weighted by molar-refractivity contribution is 0.0982. The number of rotatable bonds is 6. The monoisotopic (exact) mass is 523 g/mol. The molecule has 37 heavy (non-hydrogen) atoms. The van der Waals surface area contributed by atoms with Crippen molar-refractivity contribution in [1.29, 1.82) is 0 Å². The number of nitrogens with zero attached hydrogens (tertiary/aromatic N) is 3. The van der Waals surface area contributed by atoms with Crippen LogP contribution in [-0.4, -0.2) is 48.3 Å².